The molecule has 1 aliphatic heterocycles. The Balaban J connectivity index is 1.78. The van der Waals surface area contributed by atoms with Gasteiger partial charge in [-0.3, -0.25) is 4.79 Å². The van der Waals surface area contributed by atoms with Gasteiger partial charge in [0.15, 0.2) is 5.76 Å². The van der Waals surface area contributed by atoms with Crippen LogP contribution in [0.15, 0.2) is 48.2 Å². The van der Waals surface area contributed by atoms with E-state index in [0.717, 1.165) is 11.3 Å². The number of amides is 1. The van der Waals surface area contributed by atoms with Crippen molar-refractivity contribution >= 4 is 18.0 Å². The zero-order chi connectivity index (χ0) is 19.4. The summed E-state index contributed by atoms with van der Waals surface area (Å²) >= 11 is 0. The third-order valence-electron chi connectivity index (χ3n) is 4.28. The highest BCUT2D eigenvalue weighted by atomic mass is 16.6. The van der Waals surface area contributed by atoms with E-state index in [1.165, 1.54) is 0 Å². The molecule has 2 aromatic rings. The summed E-state index contributed by atoms with van der Waals surface area (Å²) in [5.74, 6) is 1.47. The molecule has 0 unspecified atom stereocenters. The van der Waals surface area contributed by atoms with Crippen molar-refractivity contribution in [3.8, 4) is 17.2 Å². The van der Waals surface area contributed by atoms with Crippen LogP contribution in [0.25, 0.3) is 6.08 Å². The number of hydrogen-bond acceptors (Lipinski definition) is 5. The maximum atomic E-state index is 12.5. The molecule has 0 aromatic heterocycles. The molecule has 1 heterocycles. The molecule has 0 saturated carbocycles. The van der Waals surface area contributed by atoms with Crippen LogP contribution in [0.4, 0.5) is 4.79 Å². The van der Waals surface area contributed by atoms with E-state index in [4.69, 9.17) is 14.2 Å². The number of allylic oxidation sites excluding steroid dienone is 1. The molecule has 27 heavy (non-hydrogen) atoms. The van der Waals surface area contributed by atoms with E-state index in [9.17, 15) is 9.59 Å². The summed E-state index contributed by atoms with van der Waals surface area (Å²) in [6, 6.07) is 12.1. The van der Waals surface area contributed by atoms with Crippen molar-refractivity contribution in [1.82, 2.24) is 4.90 Å². The molecule has 0 bridgehead atoms. The maximum absolute atomic E-state index is 12.5. The van der Waals surface area contributed by atoms with Crippen molar-refractivity contribution in [1.29, 1.82) is 0 Å². The van der Waals surface area contributed by atoms with Crippen LogP contribution < -0.4 is 14.2 Å². The van der Waals surface area contributed by atoms with Crippen LogP contribution in [0.3, 0.4) is 0 Å². The smallest absolute Gasteiger partial charge is 0.415 e. The molecule has 6 nitrogen and oxygen atoms in total. The molecule has 0 spiro atoms. The van der Waals surface area contributed by atoms with Crippen molar-refractivity contribution in [3.05, 3.63) is 59.4 Å². The van der Waals surface area contributed by atoms with Gasteiger partial charge in [-0.1, -0.05) is 12.1 Å². The molecular formula is C21H21NO5. The number of Topliss-reactive ketones (excluding diaryl/α,β-unsaturated/α-hetero) is 1. The molecule has 0 saturated heterocycles. The summed E-state index contributed by atoms with van der Waals surface area (Å²) in [6.07, 6.45) is 1.24. The summed E-state index contributed by atoms with van der Waals surface area (Å²) in [4.78, 5) is 26.2. The highest BCUT2D eigenvalue weighted by molar-refractivity contribution is 6.14. The van der Waals surface area contributed by atoms with Gasteiger partial charge in [0.25, 0.3) is 0 Å². The lowest BCUT2D eigenvalue weighted by Crippen LogP contribution is -2.33. The van der Waals surface area contributed by atoms with Crippen molar-refractivity contribution in [3.63, 3.8) is 0 Å². The van der Waals surface area contributed by atoms with Gasteiger partial charge < -0.3 is 19.1 Å². The topological polar surface area (TPSA) is 65.1 Å². The van der Waals surface area contributed by atoms with Gasteiger partial charge in [0, 0.05) is 19.2 Å². The Labute approximate surface area is 158 Å². The van der Waals surface area contributed by atoms with E-state index >= 15 is 0 Å². The van der Waals surface area contributed by atoms with Crippen molar-refractivity contribution in [2.24, 2.45) is 0 Å². The molecular weight excluding hydrogens is 346 g/mol. The highest BCUT2D eigenvalue weighted by Gasteiger charge is 2.28. The van der Waals surface area contributed by atoms with Crippen LogP contribution in [-0.2, 0) is 0 Å². The van der Waals surface area contributed by atoms with Crippen LogP contribution in [0.1, 0.15) is 29.8 Å². The number of benzene rings is 2. The average molecular weight is 367 g/mol. The van der Waals surface area contributed by atoms with Gasteiger partial charge in [-0.2, -0.15) is 0 Å². The monoisotopic (exact) mass is 367 g/mol. The largest absolute Gasteiger partial charge is 0.497 e. The zero-order valence-corrected chi connectivity index (χ0v) is 15.5. The number of nitrogens with zero attached hydrogens (tertiary/aromatic N) is 1. The third kappa shape index (κ3) is 3.95. The van der Waals surface area contributed by atoms with Gasteiger partial charge in [0.05, 0.1) is 12.7 Å². The predicted octanol–water partition coefficient (Wildman–Crippen LogP) is 4.15. The predicted molar refractivity (Wildman–Crippen MR) is 101 cm³/mol. The highest BCUT2D eigenvalue weighted by Crippen LogP contribution is 2.35. The van der Waals surface area contributed by atoms with Crippen LogP contribution in [0.2, 0.25) is 0 Å². The number of methoxy groups -OCH3 is 1. The van der Waals surface area contributed by atoms with Crippen LogP contribution in [0.5, 0.6) is 17.2 Å². The van der Waals surface area contributed by atoms with Crippen LogP contribution >= 0.6 is 0 Å². The summed E-state index contributed by atoms with van der Waals surface area (Å²) in [5.41, 5.74) is 1.26. The Morgan fingerprint density at radius 3 is 2.37 bits per heavy atom. The first-order valence-corrected chi connectivity index (χ1v) is 8.74. The Kier molecular flexibility index (Phi) is 5.45. The number of ketones is 1. The maximum Gasteiger partial charge on any atom is 0.415 e. The Hall–Kier alpha value is -3.28. The third-order valence-corrected chi connectivity index (χ3v) is 4.28. The first-order chi connectivity index (χ1) is 13.0. The lowest BCUT2D eigenvalue weighted by molar-refractivity contribution is 0.101. The molecule has 0 fully saturated rings. The van der Waals surface area contributed by atoms with Crippen molar-refractivity contribution in [2.45, 2.75) is 13.8 Å². The fourth-order valence-electron chi connectivity index (χ4n) is 2.73. The zero-order valence-electron chi connectivity index (χ0n) is 15.5. The number of fused-ring (bicyclic) bond motifs is 1. The van der Waals surface area contributed by atoms with E-state index in [-0.39, 0.29) is 11.5 Å². The number of carbonyl (C=O) groups is 2. The molecule has 140 valence electrons. The second-order valence-electron chi connectivity index (χ2n) is 5.91. The van der Waals surface area contributed by atoms with Gasteiger partial charge in [-0.25, -0.2) is 4.79 Å². The number of ether oxygens (including phenoxy) is 3. The number of hydrogen-bond donors (Lipinski definition) is 0. The molecule has 3 rings (SSSR count). The fraction of sp³-hybridized carbons (Fsp3) is 0.238. The summed E-state index contributed by atoms with van der Waals surface area (Å²) in [6.45, 7) is 4.88. The van der Waals surface area contributed by atoms with E-state index in [2.05, 4.69) is 0 Å². The minimum absolute atomic E-state index is 0.206. The van der Waals surface area contributed by atoms with Crippen molar-refractivity contribution < 1.29 is 23.8 Å². The van der Waals surface area contributed by atoms with Gasteiger partial charge >= 0.3 is 6.09 Å². The SMILES string of the molecule is CCN(CC)C(=O)Oc1ccc2c(c1)O/C(=C\c1ccc(OC)cc1)C2=O. The Morgan fingerprint density at radius 1 is 1.07 bits per heavy atom. The van der Waals surface area contributed by atoms with Crippen molar-refractivity contribution in [2.75, 3.05) is 20.2 Å². The van der Waals surface area contributed by atoms with Crippen LogP contribution in [-0.4, -0.2) is 37.0 Å². The molecule has 2 aromatic carbocycles. The van der Waals surface area contributed by atoms with E-state index < -0.39 is 6.09 Å². The van der Waals surface area contributed by atoms with Crippen LogP contribution in [0, 0.1) is 0 Å². The minimum atomic E-state index is -0.432. The molecule has 0 atom stereocenters. The normalized spacial score (nSPS) is 13.9. The summed E-state index contributed by atoms with van der Waals surface area (Å²) < 4.78 is 16.2. The Morgan fingerprint density at radius 2 is 1.74 bits per heavy atom. The van der Waals surface area contributed by atoms with Gasteiger partial charge in [-0.15, -0.1) is 0 Å². The molecule has 0 radical (unpaired) electrons. The number of rotatable bonds is 5. The number of carbonyl (C=O) groups excluding carboxylic acids is 2. The van der Waals surface area contributed by atoms with Gasteiger partial charge in [0.2, 0.25) is 5.78 Å². The molecule has 6 heteroatoms. The molecule has 0 N–H and O–H groups in total. The Bertz CT molecular complexity index is 882. The molecule has 1 amide bonds. The average Bonchev–Trinajstić information content (AvgIpc) is 2.98. The van der Waals surface area contributed by atoms with E-state index in [1.807, 2.05) is 38.1 Å². The van der Waals surface area contributed by atoms with E-state index in [0.29, 0.717) is 30.2 Å². The fourth-order valence-corrected chi connectivity index (χ4v) is 2.73. The minimum Gasteiger partial charge on any atom is -0.497 e. The second kappa shape index (κ2) is 7.95. The standard InChI is InChI=1S/C21H21NO5/c1-4-22(5-2)21(24)26-16-10-11-17-18(13-16)27-19(20(17)23)12-14-6-8-15(25-3)9-7-14/h6-13H,4-5H2,1-3H3/b19-12-. The van der Waals surface area contributed by atoms with Gasteiger partial charge in [0.1, 0.15) is 17.2 Å². The first kappa shape index (κ1) is 18.5. The van der Waals surface area contributed by atoms with Gasteiger partial charge in [-0.05, 0) is 49.8 Å². The summed E-state index contributed by atoms with van der Waals surface area (Å²) in [5, 5.41) is 0. The molecule has 0 aliphatic carbocycles. The van der Waals surface area contributed by atoms with E-state index in [1.54, 1.807) is 36.3 Å². The lowest BCUT2D eigenvalue weighted by atomic mass is 10.1. The summed E-state index contributed by atoms with van der Waals surface area (Å²) in [7, 11) is 1.60. The lowest BCUT2D eigenvalue weighted by Gasteiger charge is -2.17. The first-order valence-electron chi connectivity index (χ1n) is 8.74. The second-order valence-corrected chi connectivity index (χ2v) is 5.91. The quantitative estimate of drug-likeness (QED) is 0.743. The molecule has 1 aliphatic rings.